The van der Waals surface area contributed by atoms with E-state index in [1.54, 1.807) is 0 Å². The van der Waals surface area contributed by atoms with Gasteiger partial charge in [-0.25, -0.2) is 0 Å². The Balaban J connectivity index is 0.00000264. The molecule has 1 unspecified atom stereocenters. The molecule has 0 saturated carbocycles. The molecule has 0 radical (unpaired) electrons. The van der Waals surface area contributed by atoms with Crippen LogP contribution in [0.2, 0.25) is 0 Å². The van der Waals surface area contributed by atoms with E-state index in [2.05, 4.69) is 62.6 Å². The summed E-state index contributed by atoms with van der Waals surface area (Å²) in [6.07, 6.45) is 2.82. The van der Waals surface area contributed by atoms with E-state index in [4.69, 9.17) is 0 Å². The highest BCUT2D eigenvalue weighted by molar-refractivity contribution is 5.85. The number of halogens is 1. The third-order valence-electron chi connectivity index (χ3n) is 5.11. The molecule has 1 aromatic carbocycles. The first kappa shape index (κ1) is 20.0. The fourth-order valence-corrected chi connectivity index (χ4v) is 3.52. The van der Waals surface area contributed by atoms with Gasteiger partial charge in [0, 0.05) is 23.4 Å². The summed E-state index contributed by atoms with van der Waals surface area (Å²) in [5.74, 6) is 0.376. The molecule has 1 aliphatic heterocycles. The first-order valence-corrected chi connectivity index (χ1v) is 8.54. The molecule has 0 aromatic heterocycles. The van der Waals surface area contributed by atoms with E-state index in [-0.39, 0.29) is 35.7 Å². The first-order valence-electron chi connectivity index (χ1n) is 8.54. The normalized spacial score (nSPS) is 22.8. The second-order valence-electron chi connectivity index (χ2n) is 7.13. The standard InChI is InChI=1S/C19H30N2O.ClH/c1-5-17(19(3,4)16-9-7-6-8-10-16)21-18(22)15-11-12-20-14(2)13-15;/h6-10,14-15,17,20H,5,11-13H2,1-4H3,(H,21,22);1H/t14-,15-,17?;/m0./s1. The van der Waals surface area contributed by atoms with Gasteiger partial charge in [0.1, 0.15) is 0 Å². The Morgan fingerprint density at radius 3 is 2.57 bits per heavy atom. The number of carbonyl (C=O) groups excluding carboxylic acids is 1. The third kappa shape index (κ3) is 4.95. The summed E-state index contributed by atoms with van der Waals surface area (Å²) in [6, 6.07) is 11.1. The van der Waals surface area contributed by atoms with Gasteiger partial charge in [-0.3, -0.25) is 4.79 Å². The molecule has 1 saturated heterocycles. The van der Waals surface area contributed by atoms with Gasteiger partial charge in [-0.15, -0.1) is 12.4 Å². The van der Waals surface area contributed by atoms with Crippen molar-refractivity contribution in [2.45, 2.75) is 64.5 Å². The molecule has 1 aromatic rings. The summed E-state index contributed by atoms with van der Waals surface area (Å²) >= 11 is 0. The number of rotatable bonds is 5. The summed E-state index contributed by atoms with van der Waals surface area (Å²) < 4.78 is 0. The van der Waals surface area contributed by atoms with Crippen molar-refractivity contribution in [2.24, 2.45) is 5.92 Å². The van der Waals surface area contributed by atoms with E-state index in [1.165, 1.54) is 5.56 Å². The van der Waals surface area contributed by atoms with Gasteiger partial charge in [0.05, 0.1) is 0 Å². The van der Waals surface area contributed by atoms with Crippen LogP contribution in [0.15, 0.2) is 30.3 Å². The Kier molecular flexibility index (Phi) is 7.56. The van der Waals surface area contributed by atoms with Gasteiger partial charge in [0.25, 0.3) is 0 Å². The topological polar surface area (TPSA) is 41.1 Å². The van der Waals surface area contributed by atoms with Gasteiger partial charge in [0.15, 0.2) is 0 Å². The largest absolute Gasteiger partial charge is 0.352 e. The smallest absolute Gasteiger partial charge is 0.223 e. The molecular weight excluding hydrogens is 308 g/mol. The Morgan fingerprint density at radius 2 is 2.00 bits per heavy atom. The van der Waals surface area contributed by atoms with Crippen molar-refractivity contribution in [1.82, 2.24) is 10.6 Å². The summed E-state index contributed by atoms with van der Waals surface area (Å²) in [7, 11) is 0. The van der Waals surface area contributed by atoms with E-state index in [1.807, 2.05) is 6.07 Å². The predicted octanol–water partition coefficient (Wildman–Crippen LogP) is 3.67. The van der Waals surface area contributed by atoms with Crippen LogP contribution in [-0.2, 0) is 10.2 Å². The number of carbonyl (C=O) groups is 1. The van der Waals surface area contributed by atoms with Gasteiger partial charge in [-0.1, -0.05) is 51.1 Å². The Bertz CT molecular complexity index is 489. The minimum Gasteiger partial charge on any atom is -0.352 e. The fourth-order valence-electron chi connectivity index (χ4n) is 3.52. The number of hydrogen-bond donors (Lipinski definition) is 2. The van der Waals surface area contributed by atoms with E-state index < -0.39 is 0 Å². The van der Waals surface area contributed by atoms with Crippen molar-refractivity contribution in [3.05, 3.63) is 35.9 Å². The number of amides is 1. The number of hydrogen-bond acceptors (Lipinski definition) is 2. The third-order valence-corrected chi connectivity index (χ3v) is 5.11. The molecule has 1 heterocycles. The molecule has 0 bridgehead atoms. The van der Waals surface area contributed by atoms with Crippen LogP contribution in [0.3, 0.4) is 0 Å². The molecule has 3 nitrogen and oxygen atoms in total. The van der Waals surface area contributed by atoms with Gasteiger partial charge in [-0.05, 0) is 38.3 Å². The molecule has 3 atom stereocenters. The maximum Gasteiger partial charge on any atom is 0.223 e. The molecule has 4 heteroatoms. The lowest BCUT2D eigenvalue weighted by molar-refractivity contribution is -0.127. The lowest BCUT2D eigenvalue weighted by atomic mass is 9.76. The van der Waals surface area contributed by atoms with Crippen LogP contribution in [0.4, 0.5) is 0 Å². The van der Waals surface area contributed by atoms with Crippen molar-refractivity contribution < 1.29 is 4.79 Å². The highest BCUT2D eigenvalue weighted by Gasteiger charge is 2.33. The van der Waals surface area contributed by atoms with Crippen LogP contribution < -0.4 is 10.6 Å². The highest BCUT2D eigenvalue weighted by Crippen LogP contribution is 2.29. The van der Waals surface area contributed by atoms with Gasteiger partial charge >= 0.3 is 0 Å². The van der Waals surface area contributed by atoms with Crippen LogP contribution >= 0.6 is 12.4 Å². The predicted molar refractivity (Wildman–Crippen MR) is 99.1 cm³/mol. The van der Waals surface area contributed by atoms with Crippen LogP contribution in [0, 0.1) is 5.92 Å². The number of nitrogens with one attached hydrogen (secondary N) is 2. The van der Waals surface area contributed by atoms with Crippen molar-refractivity contribution in [3.63, 3.8) is 0 Å². The first-order chi connectivity index (χ1) is 10.4. The Labute approximate surface area is 147 Å². The fraction of sp³-hybridized carbons (Fsp3) is 0.632. The monoisotopic (exact) mass is 338 g/mol. The molecular formula is C19H31ClN2O. The lowest BCUT2D eigenvalue weighted by Crippen LogP contribution is -2.51. The average molecular weight is 339 g/mol. The van der Waals surface area contributed by atoms with Crippen molar-refractivity contribution in [3.8, 4) is 0 Å². The molecule has 2 N–H and O–H groups in total. The van der Waals surface area contributed by atoms with Crippen molar-refractivity contribution in [1.29, 1.82) is 0 Å². The van der Waals surface area contributed by atoms with Gasteiger partial charge in [-0.2, -0.15) is 0 Å². The Morgan fingerprint density at radius 1 is 1.35 bits per heavy atom. The molecule has 23 heavy (non-hydrogen) atoms. The van der Waals surface area contributed by atoms with E-state index >= 15 is 0 Å². The molecule has 0 aliphatic carbocycles. The van der Waals surface area contributed by atoms with Crippen molar-refractivity contribution in [2.75, 3.05) is 6.54 Å². The summed E-state index contributed by atoms with van der Waals surface area (Å²) in [5, 5.41) is 6.74. The van der Waals surface area contributed by atoms with Crippen LogP contribution in [0.25, 0.3) is 0 Å². The molecule has 1 amide bonds. The second-order valence-corrected chi connectivity index (χ2v) is 7.13. The SMILES string of the molecule is CCC(NC(=O)[C@H]1CCN[C@@H](C)C1)C(C)(C)c1ccccc1.Cl. The van der Waals surface area contributed by atoms with Crippen LogP contribution in [-0.4, -0.2) is 24.5 Å². The van der Waals surface area contributed by atoms with Crippen LogP contribution in [0.1, 0.15) is 52.5 Å². The van der Waals surface area contributed by atoms with Gasteiger partial charge < -0.3 is 10.6 Å². The molecule has 1 fully saturated rings. The summed E-state index contributed by atoms with van der Waals surface area (Å²) in [6.45, 7) is 9.70. The highest BCUT2D eigenvalue weighted by atomic mass is 35.5. The lowest BCUT2D eigenvalue weighted by Gasteiger charge is -2.37. The quantitative estimate of drug-likeness (QED) is 0.860. The van der Waals surface area contributed by atoms with E-state index in [0.29, 0.717) is 6.04 Å². The minimum absolute atomic E-state index is 0. The van der Waals surface area contributed by atoms with Gasteiger partial charge in [0.2, 0.25) is 5.91 Å². The molecule has 2 rings (SSSR count). The Hall–Kier alpha value is -1.06. The van der Waals surface area contributed by atoms with E-state index in [9.17, 15) is 4.79 Å². The number of piperidine rings is 1. The maximum absolute atomic E-state index is 12.7. The summed E-state index contributed by atoms with van der Waals surface area (Å²) in [4.78, 5) is 12.7. The van der Waals surface area contributed by atoms with Crippen molar-refractivity contribution >= 4 is 18.3 Å². The zero-order chi connectivity index (χ0) is 16.2. The zero-order valence-electron chi connectivity index (χ0n) is 14.8. The van der Waals surface area contributed by atoms with E-state index in [0.717, 1.165) is 25.8 Å². The molecule has 1 aliphatic rings. The minimum atomic E-state index is -0.0653. The maximum atomic E-state index is 12.7. The average Bonchev–Trinajstić information content (AvgIpc) is 2.53. The zero-order valence-corrected chi connectivity index (χ0v) is 15.6. The van der Waals surface area contributed by atoms with Crippen LogP contribution in [0.5, 0.6) is 0 Å². The number of benzene rings is 1. The second kappa shape index (κ2) is 8.70. The molecule has 130 valence electrons. The molecule has 0 spiro atoms. The summed E-state index contributed by atoms with van der Waals surface area (Å²) in [5.41, 5.74) is 1.21.